The van der Waals surface area contributed by atoms with Gasteiger partial charge in [-0.1, -0.05) is 70.4 Å². The lowest BCUT2D eigenvalue weighted by Crippen LogP contribution is -2.31. The second-order valence-corrected chi connectivity index (χ2v) is 6.58. The lowest BCUT2D eigenvalue weighted by atomic mass is 9.83. The molecule has 1 atom stereocenters. The molecular formula is C19H33N. The van der Waals surface area contributed by atoms with E-state index in [2.05, 4.69) is 64.2 Å². The van der Waals surface area contributed by atoms with Gasteiger partial charge in [0.15, 0.2) is 0 Å². The predicted octanol–water partition coefficient (Wildman–Crippen LogP) is 4.84. The maximum atomic E-state index is 3.67. The van der Waals surface area contributed by atoms with Crippen molar-refractivity contribution in [3.8, 4) is 0 Å². The fourth-order valence-electron chi connectivity index (χ4n) is 2.95. The van der Waals surface area contributed by atoms with Crippen LogP contribution in [-0.4, -0.2) is 13.1 Å². The first-order valence-corrected chi connectivity index (χ1v) is 8.33. The summed E-state index contributed by atoms with van der Waals surface area (Å²) in [6, 6.07) is 9.07. The molecule has 0 saturated carbocycles. The van der Waals surface area contributed by atoms with Crippen molar-refractivity contribution < 1.29 is 0 Å². The van der Waals surface area contributed by atoms with Crippen LogP contribution >= 0.6 is 0 Å². The highest BCUT2D eigenvalue weighted by atomic mass is 14.9. The van der Waals surface area contributed by atoms with E-state index in [1.165, 1.54) is 30.4 Å². The molecule has 0 fully saturated rings. The number of hydrogen-bond donors (Lipinski definition) is 1. The Morgan fingerprint density at radius 1 is 0.900 bits per heavy atom. The third-order valence-corrected chi connectivity index (χ3v) is 4.29. The summed E-state index contributed by atoms with van der Waals surface area (Å²) < 4.78 is 0. The van der Waals surface area contributed by atoms with E-state index < -0.39 is 0 Å². The maximum Gasteiger partial charge on any atom is -0.00146 e. The molecule has 0 bridgehead atoms. The van der Waals surface area contributed by atoms with Crippen molar-refractivity contribution >= 4 is 0 Å². The Kier molecular flexibility index (Phi) is 7.91. The third-order valence-electron chi connectivity index (χ3n) is 4.29. The number of rotatable bonds is 9. The van der Waals surface area contributed by atoms with E-state index in [-0.39, 0.29) is 0 Å². The van der Waals surface area contributed by atoms with Gasteiger partial charge in [0.25, 0.3) is 0 Å². The Morgan fingerprint density at radius 3 is 2.00 bits per heavy atom. The first-order valence-electron chi connectivity index (χ1n) is 8.33. The van der Waals surface area contributed by atoms with Gasteiger partial charge in [0.1, 0.15) is 0 Å². The summed E-state index contributed by atoms with van der Waals surface area (Å²) in [7, 11) is 0. The molecule has 0 heterocycles. The minimum Gasteiger partial charge on any atom is -0.316 e. The molecule has 20 heavy (non-hydrogen) atoms. The van der Waals surface area contributed by atoms with Gasteiger partial charge in [-0.3, -0.25) is 0 Å². The molecular weight excluding hydrogens is 242 g/mol. The van der Waals surface area contributed by atoms with Crippen LogP contribution in [0.25, 0.3) is 0 Å². The van der Waals surface area contributed by atoms with Crippen LogP contribution in [0.1, 0.15) is 51.7 Å². The standard InChI is InChI=1S/C19H33N/c1-6-18(7-2)19(14-20-13-15(3)4)12-17-10-8-16(5)9-11-17/h8-11,15,18-20H,6-7,12-14H2,1-5H3. The Morgan fingerprint density at radius 2 is 1.50 bits per heavy atom. The molecule has 0 aliphatic heterocycles. The Labute approximate surface area is 126 Å². The summed E-state index contributed by atoms with van der Waals surface area (Å²) in [5.41, 5.74) is 2.84. The van der Waals surface area contributed by atoms with Crippen molar-refractivity contribution in [2.75, 3.05) is 13.1 Å². The van der Waals surface area contributed by atoms with E-state index in [0.29, 0.717) is 0 Å². The lowest BCUT2D eigenvalue weighted by Gasteiger charge is -2.26. The molecule has 1 heteroatoms. The van der Waals surface area contributed by atoms with Crippen molar-refractivity contribution in [3.05, 3.63) is 35.4 Å². The van der Waals surface area contributed by atoms with Gasteiger partial charge in [0.05, 0.1) is 0 Å². The fourth-order valence-corrected chi connectivity index (χ4v) is 2.95. The highest BCUT2D eigenvalue weighted by Crippen LogP contribution is 2.23. The Bertz CT molecular complexity index is 349. The molecule has 1 nitrogen and oxygen atoms in total. The van der Waals surface area contributed by atoms with Gasteiger partial charge < -0.3 is 5.32 Å². The summed E-state index contributed by atoms with van der Waals surface area (Å²) in [6.45, 7) is 13.7. The number of hydrogen-bond acceptors (Lipinski definition) is 1. The van der Waals surface area contributed by atoms with Gasteiger partial charge in [-0.25, -0.2) is 0 Å². The van der Waals surface area contributed by atoms with E-state index in [9.17, 15) is 0 Å². The SMILES string of the molecule is CCC(CC)C(CNCC(C)C)Cc1ccc(C)cc1. The van der Waals surface area contributed by atoms with E-state index in [0.717, 1.165) is 30.8 Å². The molecule has 1 N–H and O–H groups in total. The number of nitrogens with one attached hydrogen (secondary N) is 1. The zero-order chi connectivity index (χ0) is 15.0. The van der Waals surface area contributed by atoms with Crippen LogP contribution < -0.4 is 5.32 Å². The van der Waals surface area contributed by atoms with Gasteiger partial charge in [0.2, 0.25) is 0 Å². The molecule has 0 aromatic heterocycles. The van der Waals surface area contributed by atoms with Crippen molar-refractivity contribution in [2.24, 2.45) is 17.8 Å². The smallest absolute Gasteiger partial charge is 0.00146 e. The molecule has 0 aliphatic carbocycles. The first-order chi connectivity index (χ1) is 9.56. The van der Waals surface area contributed by atoms with Crippen LogP contribution in [0.15, 0.2) is 24.3 Å². The molecule has 1 unspecified atom stereocenters. The number of aryl methyl sites for hydroxylation is 1. The van der Waals surface area contributed by atoms with E-state index >= 15 is 0 Å². The molecule has 0 spiro atoms. The zero-order valence-corrected chi connectivity index (χ0v) is 14.1. The van der Waals surface area contributed by atoms with Crippen LogP contribution in [0.2, 0.25) is 0 Å². The van der Waals surface area contributed by atoms with E-state index in [4.69, 9.17) is 0 Å². The zero-order valence-electron chi connectivity index (χ0n) is 14.1. The molecule has 1 rings (SSSR count). The van der Waals surface area contributed by atoms with Crippen molar-refractivity contribution in [2.45, 2.75) is 53.9 Å². The Hall–Kier alpha value is -0.820. The van der Waals surface area contributed by atoms with Crippen molar-refractivity contribution in [1.82, 2.24) is 5.32 Å². The van der Waals surface area contributed by atoms with E-state index in [1.807, 2.05) is 0 Å². The monoisotopic (exact) mass is 275 g/mol. The van der Waals surface area contributed by atoms with Crippen LogP contribution in [0, 0.1) is 24.7 Å². The van der Waals surface area contributed by atoms with Crippen molar-refractivity contribution in [1.29, 1.82) is 0 Å². The minimum atomic E-state index is 0.733. The summed E-state index contributed by atoms with van der Waals surface area (Å²) in [4.78, 5) is 0. The minimum absolute atomic E-state index is 0.733. The third kappa shape index (κ3) is 6.09. The molecule has 0 aliphatic rings. The quantitative estimate of drug-likeness (QED) is 0.680. The van der Waals surface area contributed by atoms with E-state index in [1.54, 1.807) is 0 Å². The summed E-state index contributed by atoms with van der Waals surface area (Å²) in [5, 5.41) is 3.67. The molecule has 0 saturated heterocycles. The van der Waals surface area contributed by atoms with Crippen LogP contribution in [0.3, 0.4) is 0 Å². The Balaban J connectivity index is 2.63. The predicted molar refractivity (Wildman–Crippen MR) is 90.2 cm³/mol. The molecule has 114 valence electrons. The van der Waals surface area contributed by atoms with Crippen LogP contribution in [-0.2, 0) is 6.42 Å². The van der Waals surface area contributed by atoms with Gasteiger partial charge in [-0.05, 0) is 49.8 Å². The fraction of sp³-hybridized carbons (Fsp3) is 0.684. The maximum absolute atomic E-state index is 3.67. The topological polar surface area (TPSA) is 12.0 Å². The average Bonchev–Trinajstić information content (AvgIpc) is 2.42. The normalized spacial score (nSPS) is 13.2. The molecule has 0 amide bonds. The van der Waals surface area contributed by atoms with Crippen LogP contribution in [0.4, 0.5) is 0 Å². The molecule has 1 aromatic carbocycles. The highest BCUT2D eigenvalue weighted by Gasteiger charge is 2.18. The summed E-state index contributed by atoms with van der Waals surface area (Å²) in [5.74, 6) is 2.32. The largest absolute Gasteiger partial charge is 0.316 e. The second-order valence-electron chi connectivity index (χ2n) is 6.58. The second kappa shape index (κ2) is 9.18. The summed E-state index contributed by atoms with van der Waals surface area (Å²) in [6.07, 6.45) is 3.78. The lowest BCUT2D eigenvalue weighted by molar-refractivity contribution is 0.294. The van der Waals surface area contributed by atoms with Gasteiger partial charge in [-0.2, -0.15) is 0 Å². The van der Waals surface area contributed by atoms with Gasteiger partial charge in [-0.15, -0.1) is 0 Å². The molecule has 1 aromatic rings. The average molecular weight is 275 g/mol. The highest BCUT2D eigenvalue weighted by molar-refractivity contribution is 5.21. The molecule has 0 radical (unpaired) electrons. The van der Waals surface area contributed by atoms with Crippen LogP contribution in [0.5, 0.6) is 0 Å². The number of benzene rings is 1. The first kappa shape index (κ1) is 17.2. The van der Waals surface area contributed by atoms with Gasteiger partial charge in [0, 0.05) is 0 Å². The van der Waals surface area contributed by atoms with Crippen molar-refractivity contribution in [3.63, 3.8) is 0 Å². The van der Waals surface area contributed by atoms with Gasteiger partial charge >= 0.3 is 0 Å². The summed E-state index contributed by atoms with van der Waals surface area (Å²) >= 11 is 0.